The Labute approximate surface area is 137 Å². The third kappa shape index (κ3) is 4.77. The van der Waals surface area contributed by atoms with E-state index in [-0.39, 0.29) is 12.3 Å². The number of amides is 1. The van der Waals surface area contributed by atoms with Gasteiger partial charge in [-0.1, -0.05) is 6.07 Å². The normalized spacial score (nSPS) is 22.4. The molecular weight excluding hydrogens is 294 g/mol. The van der Waals surface area contributed by atoms with Crippen molar-refractivity contribution in [3.63, 3.8) is 0 Å². The number of benzene rings is 1. The fourth-order valence-electron chi connectivity index (χ4n) is 2.96. The van der Waals surface area contributed by atoms with Gasteiger partial charge in [0.05, 0.1) is 19.4 Å². The molecule has 0 unspecified atom stereocenters. The van der Waals surface area contributed by atoms with E-state index in [9.17, 15) is 14.7 Å². The van der Waals surface area contributed by atoms with Crippen molar-refractivity contribution >= 4 is 17.6 Å². The summed E-state index contributed by atoms with van der Waals surface area (Å²) in [7, 11) is 2.09. The predicted molar refractivity (Wildman–Crippen MR) is 85.3 cm³/mol. The van der Waals surface area contributed by atoms with Gasteiger partial charge in [-0.05, 0) is 37.1 Å². The lowest BCUT2D eigenvalue weighted by atomic mass is 10.1. The summed E-state index contributed by atoms with van der Waals surface area (Å²) in [5, 5.41) is 14.2. The Kier molecular flexibility index (Phi) is 5.74. The number of anilines is 1. The number of rotatable bonds is 5. The summed E-state index contributed by atoms with van der Waals surface area (Å²) in [6.45, 7) is 7.32. The number of quaternary nitrogens is 2. The van der Waals surface area contributed by atoms with E-state index in [0.717, 1.165) is 42.2 Å². The summed E-state index contributed by atoms with van der Waals surface area (Å²) >= 11 is 0. The maximum atomic E-state index is 12.2. The van der Waals surface area contributed by atoms with E-state index in [0.29, 0.717) is 5.69 Å². The van der Waals surface area contributed by atoms with E-state index >= 15 is 0 Å². The van der Waals surface area contributed by atoms with Crippen molar-refractivity contribution in [1.29, 1.82) is 0 Å². The zero-order valence-electron chi connectivity index (χ0n) is 14.1. The number of aliphatic carboxylic acids is 1. The Hall–Kier alpha value is -1.92. The number of carbonyl (C=O) groups excluding carboxylic acids is 2. The molecule has 3 N–H and O–H groups in total. The van der Waals surface area contributed by atoms with Crippen LogP contribution in [0.5, 0.6) is 0 Å². The molecule has 1 aromatic carbocycles. The molecule has 2 rings (SSSR count). The highest BCUT2D eigenvalue weighted by atomic mass is 16.4. The lowest BCUT2D eigenvalue weighted by Crippen LogP contribution is -3.29. The highest BCUT2D eigenvalue weighted by Crippen LogP contribution is 2.14. The van der Waals surface area contributed by atoms with Crippen molar-refractivity contribution in [3.8, 4) is 0 Å². The number of likely N-dealkylation sites (N-methyl/N-ethyl adjacent to an activating group) is 1. The lowest BCUT2D eigenvalue weighted by Gasteiger charge is -2.33. The quantitative estimate of drug-likeness (QED) is 0.547. The summed E-state index contributed by atoms with van der Waals surface area (Å²) in [5.41, 5.74) is 2.94. The first-order chi connectivity index (χ1) is 10.9. The summed E-state index contributed by atoms with van der Waals surface area (Å²) in [6.07, 6.45) is -0.0519. The Morgan fingerprint density at radius 2 is 1.83 bits per heavy atom. The van der Waals surface area contributed by atoms with Crippen molar-refractivity contribution < 1.29 is 24.5 Å². The molecule has 1 aromatic rings. The van der Waals surface area contributed by atoms with Crippen molar-refractivity contribution in [1.82, 2.24) is 0 Å². The SMILES string of the molecule is Cc1ccc(NC(=O)C[C@H](C(=O)[O-])[NH+]2CC[NH+](C)CC2)cc1C. The molecule has 0 radical (unpaired) electrons. The number of aryl methyl sites for hydroxylation is 2. The van der Waals surface area contributed by atoms with Gasteiger partial charge in [-0.15, -0.1) is 0 Å². The van der Waals surface area contributed by atoms with Gasteiger partial charge in [-0.3, -0.25) is 4.79 Å². The molecule has 0 spiro atoms. The number of carbonyl (C=O) groups is 2. The first kappa shape index (κ1) is 17.4. The Bertz CT molecular complexity index is 580. The number of carboxylic acids is 1. The minimum atomic E-state index is -1.14. The number of hydrogen-bond donors (Lipinski definition) is 3. The van der Waals surface area contributed by atoms with E-state index in [4.69, 9.17) is 0 Å². The van der Waals surface area contributed by atoms with Gasteiger partial charge in [0.15, 0.2) is 0 Å². The van der Waals surface area contributed by atoms with E-state index in [1.807, 2.05) is 32.0 Å². The summed E-state index contributed by atoms with van der Waals surface area (Å²) < 4.78 is 0. The minimum Gasteiger partial charge on any atom is -0.544 e. The van der Waals surface area contributed by atoms with E-state index in [1.54, 1.807) is 0 Å². The zero-order chi connectivity index (χ0) is 17.0. The van der Waals surface area contributed by atoms with E-state index in [1.165, 1.54) is 4.90 Å². The highest BCUT2D eigenvalue weighted by Gasteiger charge is 2.30. The molecule has 1 fully saturated rings. The Morgan fingerprint density at radius 3 is 2.39 bits per heavy atom. The van der Waals surface area contributed by atoms with E-state index in [2.05, 4.69) is 12.4 Å². The zero-order valence-corrected chi connectivity index (χ0v) is 14.1. The number of nitrogens with one attached hydrogen (secondary N) is 3. The molecule has 1 heterocycles. The van der Waals surface area contributed by atoms with Crippen molar-refractivity contribution in [3.05, 3.63) is 29.3 Å². The second-order valence-corrected chi connectivity index (χ2v) is 6.54. The summed E-state index contributed by atoms with van der Waals surface area (Å²) in [6, 6.07) is 4.89. The molecule has 126 valence electrons. The number of hydrogen-bond acceptors (Lipinski definition) is 3. The maximum absolute atomic E-state index is 12.2. The molecule has 0 aromatic heterocycles. The molecule has 1 atom stereocenters. The van der Waals surface area contributed by atoms with Crippen LogP contribution < -0.4 is 20.2 Å². The van der Waals surface area contributed by atoms with Crippen molar-refractivity contribution in [2.24, 2.45) is 0 Å². The predicted octanol–water partition coefficient (Wildman–Crippen LogP) is -2.84. The summed E-state index contributed by atoms with van der Waals surface area (Å²) in [4.78, 5) is 26.0. The molecule has 1 amide bonds. The second-order valence-electron chi connectivity index (χ2n) is 6.54. The van der Waals surface area contributed by atoms with Gasteiger partial charge in [0, 0.05) is 5.69 Å². The molecule has 1 aliphatic rings. The van der Waals surface area contributed by atoms with Crippen LogP contribution in [0.25, 0.3) is 0 Å². The summed E-state index contributed by atoms with van der Waals surface area (Å²) in [5.74, 6) is -1.42. The molecule has 0 saturated carbocycles. The largest absolute Gasteiger partial charge is 0.544 e. The van der Waals surface area contributed by atoms with E-state index < -0.39 is 12.0 Å². The van der Waals surface area contributed by atoms with Gasteiger partial charge in [0.2, 0.25) is 5.91 Å². The third-order valence-electron chi connectivity index (χ3n) is 4.70. The van der Waals surface area contributed by atoms with Crippen LogP contribution in [0.15, 0.2) is 18.2 Å². The standard InChI is InChI=1S/C17H25N3O3/c1-12-4-5-14(10-13(12)2)18-16(21)11-15(17(22)23)20-8-6-19(3)7-9-20/h4-5,10,15H,6-9,11H2,1-3H3,(H,18,21)(H,22,23)/p+1/t15-/m1/s1. The monoisotopic (exact) mass is 320 g/mol. The fourth-order valence-corrected chi connectivity index (χ4v) is 2.96. The van der Waals surface area contributed by atoms with Gasteiger partial charge >= 0.3 is 0 Å². The molecule has 23 heavy (non-hydrogen) atoms. The molecule has 1 saturated heterocycles. The first-order valence-electron chi connectivity index (χ1n) is 8.10. The molecule has 0 bridgehead atoms. The number of piperazine rings is 1. The molecule has 6 nitrogen and oxygen atoms in total. The van der Waals surface area contributed by atoms with Gasteiger partial charge < -0.3 is 25.0 Å². The van der Waals surface area contributed by atoms with Gasteiger partial charge in [0.25, 0.3) is 0 Å². The Balaban J connectivity index is 1.97. The molecule has 0 aliphatic carbocycles. The van der Waals surface area contributed by atoms with Crippen LogP contribution in [0, 0.1) is 13.8 Å². The van der Waals surface area contributed by atoms with Crippen LogP contribution in [-0.4, -0.2) is 51.1 Å². The minimum absolute atomic E-state index is 0.0519. The average Bonchev–Trinajstić information content (AvgIpc) is 2.49. The van der Waals surface area contributed by atoms with Crippen LogP contribution in [0.3, 0.4) is 0 Å². The smallest absolute Gasteiger partial charge is 0.230 e. The van der Waals surface area contributed by atoms with Crippen molar-refractivity contribution in [2.45, 2.75) is 26.3 Å². The van der Waals surface area contributed by atoms with Crippen LogP contribution in [-0.2, 0) is 9.59 Å². The van der Waals surface area contributed by atoms with Gasteiger partial charge in [0.1, 0.15) is 32.2 Å². The van der Waals surface area contributed by atoms with Crippen molar-refractivity contribution in [2.75, 3.05) is 38.5 Å². The second kappa shape index (κ2) is 7.57. The first-order valence-corrected chi connectivity index (χ1v) is 8.10. The third-order valence-corrected chi connectivity index (χ3v) is 4.70. The van der Waals surface area contributed by atoms with Crippen LogP contribution in [0.2, 0.25) is 0 Å². The van der Waals surface area contributed by atoms with Crippen LogP contribution in [0.4, 0.5) is 5.69 Å². The fraction of sp³-hybridized carbons (Fsp3) is 0.529. The topological polar surface area (TPSA) is 78.1 Å². The average molecular weight is 320 g/mol. The number of carboxylic acid groups (broad SMARTS) is 1. The van der Waals surface area contributed by atoms with Crippen LogP contribution in [0.1, 0.15) is 17.5 Å². The maximum Gasteiger partial charge on any atom is 0.230 e. The highest BCUT2D eigenvalue weighted by molar-refractivity contribution is 5.93. The molecule has 6 heteroatoms. The molecule has 1 aliphatic heterocycles. The lowest BCUT2D eigenvalue weighted by molar-refractivity contribution is -1.01. The van der Waals surface area contributed by atoms with Gasteiger partial charge in [-0.2, -0.15) is 0 Å². The van der Waals surface area contributed by atoms with Crippen LogP contribution >= 0.6 is 0 Å². The molecular formula is C17H26N3O3+. The van der Waals surface area contributed by atoms with Gasteiger partial charge in [-0.25, -0.2) is 0 Å². The Morgan fingerprint density at radius 1 is 1.17 bits per heavy atom.